The van der Waals surface area contributed by atoms with Crippen molar-refractivity contribution in [2.45, 2.75) is 44.8 Å². The van der Waals surface area contributed by atoms with E-state index in [0.29, 0.717) is 0 Å². The molecule has 3 nitrogen and oxygen atoms in total. The molecule has 0 saturated carbocycles. The molecule has 2 aromatic rings. The molecule has 0 aromatic heterocycles. The minimum atomic E-state index is -1.28. The van der Waals surface area contributed by atoms with Crippen LogP contribution in [-0.4, -0.2) is 28.4 Å². The lowest BCUT2D eigenvalue weighted by atomic mass is 9.94. The molecule has 0 aliphatic carbocycles. The van der Waals surface area contributed by atoms with Crippen molar-refractivity contribution in [3.05, 3.63) is 60.2 Å². The highest BCUT2D eigenvalue weighted by Crippen LogP contribution is 2.26. The molecular formula is C22H29NO2S. The quantitative estimate of drug-likeness (QED) is 0.459. The number of benzene rings is 2. The zero-order valence-corrected chi connectivity index (χ0v) is 17.0. The molecule has 0 aliphatic rings. The second-order valence-corrected chi connectivity index (χ2v) is 9.17. The van der Waals surface area contributed by atoms with Crippen LogP contribution in [0.4, 0.5) is 0 Å². The van der Waals surface area contributed by atoms with Crippen molar-refractivity contribution in [1.29, 1.82) is 0 Å². The van der Waals surface area contributed by atoms with Gasteiger partial charge in [0.05, 0.1) is 10.5 Å². The van der Waals surface area contributed by atoms with E-state index in [9.17, 15) is 4.21 Å². The van der Waals surface area contributed by atoms with Gasteiger partial charge in [0, 0.05) is 19.3 Å². The highest BCUT2D eigenvalue weighted by atomic mass is 32.2. The summed E-state index contributed by atoms with van der Waals surface area (Å²) in [5, 5.41) is 0. The Labute approximate surface area is 160 Å². The van der Waals surface area contributed by atoms with E-state index in [1.165, 1.54) is 0 Å². The summed E-state index contributed by atoms with van der Waals surface area (Å²) in [6.45, 7) is 6.60. The Morgan fingerprint density at radius 1 is 1.00 bits per heavy atom. The van der Waals surface area contributed by atoms with E-state index in [4.69, 9.17) is 4.74 Å². The van der Waals surface area contributed by atoms with E-state index < -0.39 is 11.0 Å². The van der Waals surface area contributed by atoms with Crippen LogP contribution in [0, 0.1) is 0 Å². The molecule has 0 amide bonds. The zero-order chi connectivity index (χ0) is 19.0. The molecule has 1 unspecified atom stereocenters. The van der Waals surface area contributed by atoms with Gasteiger partial charge >= 0.3 is 0 Å². The molecule has 140 valence electrons. The van der Waals surface area contributed by atoms with E-state index in [-0.39, 0.29) is 4.75 Å². The first kappa shape index (κ1) is 20.5. The molecule has 0 radical (unpaired) electrons. The molecule has 0 saturated heterocycles. The minimum Gasteiger partial charge on any atom is -0.385 e. The summed E-state index contributed by atoms with van der Waals surface area (Å²) in [4.78, 5) is 0. The molecule has 0 heterocycles. The number of methoxy groups -OCH3 is 1. The van der Waals surface area contributed by atoms with Crippen LogP contribution in [0.1, 0.15) is 45.6 Å². The second-order valence-electron chi connectivity index (χ2n) is 7.26. The summed E-state index contributed by atoms with van der Waals surface area (Å²) in [6, 6.07) is 18.5. The molecule has 26 heavy (non-hydrogen) atoms. The van der Waals surface area contributed by atoms with Crippen molar-refractivity contribution < 1.29 is 8.95 Å². The lowest BCUT2D eigenvalue weighted by molar-refractivity contribution is 0.193. The first-order chi connectivity index (χ1) is 12.4. The van der Waals surface area contributed by atoms with Gasteiger partial charge in [-0.1, -0.05) is 54.6 Å². The number of ether oxygens (including phenoxy) is 1. The third-order valence-corrected chi connectivity index (χ3v) is 5.49. The van der Waals surface area contributed by atoms with Crippen molar-refractivity contribution in [2.24, 2.45) is 4.40 Å². The lowest BCUT2D eigenvalue weighted by Crippen LogP contribution is -2.21. The molecule has 1 atom stereocenters. The van der Waals surface area contributed by atoms with Gasteiger partial charge in [-0.25, -0.2) is 4.21 Å². The van der Waals surface area contributed by atoms with Crippen molar-refractivity contribution in [3.63, 3.8) is 0 Å². The third kappa shape index (κ3) is 5.89. The van der Waals surface area contributed by atoms with Gasteiger partial charge in [-0.05, 0) is 51.2 Å². The maximum absolute atomic E-state index is 12.7. The van der Waals surface area contributed by atoms with Crippen LogP contribution < -0.4 is 0 Å². The Balaban J connectivity index is 2.42. The second kappa shape index (κ2) is 9.79. The molecule has 0 spiro atoms. The minimum absolute atomic E-state index is 0.376. The van der Waals surface area contributed by atoms with Gasteiger partial charge in [-0.3, -0.25) is 0 Å². The van der Waals surface area contributed by atoms with Crippen molar-refractivity contribution in [3.8, 4) is 11.1 Å². The van der Waals surface area contributed by atoms with E-state index >= 15 is 0 Å². The van der Waals surface area contributed by atoms with Gasteiger partial charge < -0.3 is 4.74 Å². The Bertz CT molecular complexity index is 748. The normalized spacial score (nSPS) is 13.6. The Morgan fingerprint density at radius 2 is 1.65 bits per heavy atom. The fraction of sp³-hybridized carbons (Fsp3) is 0.409. The van der Waals surface area contributed by atoms with Crippen LogP contribution in [0.25, 0.3) is 11.1 Å². The van der Waals surface area contributed by atoms with Crippen molar-refractivity contribution >= 4 is 16.7 Å². The largest absolute Gasteiger partial charge is 0.385 e. The average Bonchev–Trinajstić information content (AvgIpc) is 2.64. The fourth-order valence-corrected chi connectivity index (χ4v) is 3.27. The van der Waals surface area contributed by atoms with Crippen LogP contribution in [0.5, 0.6) is 0 Å². The summed E-state index contributed by atoms with van der Waals surface area (Å²) in [5.74, 6) is 0. The monoisotopic (exact) mass is 371 g/mol. The molecule has 2 aromatic carbocycles. The number of nitrogens with zero attached hydrogens (tertiary/aromatic N) is 1. The average molecular weight is 372 g/mol. The van der Waals surface area contributed by atoms with Gasteiger partial charge in [-0.2, -0.15) is 4.40 Å². The van der Waals surface area contributed by atoms with Crippen molar-refractivity contribution in [1.82, 2.24) is 0 Å². The lowest BCUT2D eigenvalue weighted by Gasteiger charge is -2.17. The summed E-state index contributed by atoms with van der Waals surface area (Å²) in [7, 11) is 0.434. The Morgan fingerprint density at radius 3 is 2.31 bits per heavy atom. The molecule has 0 N–H and O–H groups in total. The van der Waals surface area contributed by atoms with E-state index in [0.717, 1.165) is 48.3 Å². The zero-order valence-electron chi connectivity index (χ0n) is 16.2. The van der Waals surface area contributed by atoms with Crippen LogP contribution in [0.2, 0.25) is 0 Å². The Kier molecular flexibility index (Phi) is 7.73. The summed E-state index contributed by atoms with van der Waals surface area (Å²) < 4.78 is 22.1. The molecule has 2 rings (SSSR count). The van der Waals surface area contributed by atoms with Gasteiger partial charge in [0.25, 0.3) is 0 Å². The molecular weight excluding hydrogens is 342 g/mol. The van der Waals surface area contributed by atoms with Gasteiger partial charge in [0.1, 0.15) is 11.0 Å². The van der Waals surface area contributed by atoms with Crippen LogP contribution in [0.15, 0.2) is 59.0 Å². The standard InChI is InChI=1S/C22H29NO2S/c1-22(2,3)26(24)23-21(16-10-11-17-25-4)20-15-9-8-14-19(20)18-12-6-5-7-13-18/h5-9,12-15H,10-11,16-17H2,1-4H3. The topological polar surface area (TPSA) is 38.7 Å². The van der Waals surface area contributed by atoms with E-state index in [1.807, 2.05) is 51.1 Å². The summed E-state index contributed by atoms with van der Waals surface area (Å²) in [6.07, 6.45) is 2.71. The highest BCUT2D eigenvalue weighted by molar-refractivity contribution is 7.85. The van der Waals surface area contributed by atoms with Gasteiger partial charge in [0.2, 0.25) is 0 Å². The van der Waals surface area contributed by atoms with E-state index in [1.54, 1.807) is 7.11 Å². The SMILES string of the molecule is COCCCCC(=NS(=O)C(C)(C)C)c1ccccc1-c1ccccc1. The summed E-state index contributed by atoms with van der Waals surface area (Å²) >= 11 is 0. The van der Waals surface area contributed by atoms with Crippen molar-refractivity contribution in [2.75, 3.05) is 13.7 Å². The van der Waals surface area contributed by atoms with Crippen LogP contribution in [0.3, 0.4) is 0 Å². The molecule has 4 heteroatoms. The van der Waals surface area contributed by atoms with Crippen LogP contribution in [-0.2, 0) is 15.7 Å². The fourth-order valence-electron chi connectivity index (χ4n) is 2.61. The number of hydrogen-bond acceptors (Lipinski definition) is 2. The number of rotatable bonds is 8. The molecule has 0 aliphatic heterocycles. The Hall–Kier alpha value is -1.78. The maximum Gasteiger partial charge on any atom is 0.145 e. The maximum atomic E-state index is 12.7. The predicted molar refractivity (Wildman–Crippen MR) is 112 cm³/mol. The van der Waals surface area contributed by atoms with Crippen LogP contribution >= 0.6 is 0 Å². The first-order valence-corrected chi connectivity index (χ1v) is 10.2. The first-order valence-electron chi connectivity index (χ1n) is 9.07. The van der Waals surface area contributed by atoms with Gasteiger partial charge in [-0.15, -0.1) is 0 Å². The number of hydrogen-bond donors (Lipinski definition) is 0. The van der Waals surface area contributed by atoms with Gasteiger partial charge in [0.15, 0.2) is 0 Å². The van der Waals surface area contributed by atoms with E-state index in [2.05, 4.69) is 28.7 Å². The third-order valence-electron chi connectivity index (χ3n) is 4.05. The molecule has 0 fully saturated rings. The smallest absolute Gasteiger partial charge is 0.145 e. The predicted octanol–water partition coefficient (Wildman–Crippen LogP) is 5.42. The number of unbranched alkanes of at least 4 members (excludes halogenated alkanes) is 1. The summed E-state index contributed by atoms with van der Waals surface area (Å²) in [5.41, 5.74) is 4.25. The molecule has 0 bridgehead atoms. The highest BCUT2D eigenvalue weighted by Gasteiger charge is 2.21.